The van der Waals surface area contributed by atoms with E-state index in [0.29, 0.717) is 11.8 Å². The zero-order chi connectivity index (χ0) is 13.3. The van der Waals surface area contributed by atoms with Crippen LogP contribution in [-0.2, 0) is 0 Å². The fourth-order valence-corrected chi connectivity index (χ4v) is 2.00. The lowest BCUT2D eigenvalue weighted by molar-refractivity contribution is 0.745. The molecule has 4 nitrogen and oxygen atoms in total. The van der Waals surface area contributed by atoms with Gasteiger partial charge in [-0.2, -0.15) is 5.10 Å². The molecule has 5 heteroatoms. The van der Waals surface area contributed by atoms with Gasteiger partial charge in [0.2, 0.25) is 0 Å². The first-order valence-electron chi connectivity index (χ1n) is 6.17. The van der Waals surface area contributed by atoms with Crippen molar-refractivity contribution in [2.75, 3.05) is 17.8 Å². The third-order valence-corrected chi connectivity index (χ3v) is 3.65. The van der Waals surface area contributed by atoms with Crippen LogP contribution >= 0.6 is 11.6 Å². The van der Waals surface area contributed by atoms with Gasteiger partial charge in [0.25, 0.3) is 0 Å². The highest BCUT2D eigenvalue weighted by atomic mass is 35.5. The second-order valence-electron chi connectivity index (χ2n) is 4.92. The fraction of sp³-hybridized carbons (Fsp3) is 0.538. The van der Waals surface area contributed by atoms with E-state index in [-0.39, 0.29) is 6.04 Å². The average molecular weight is 267 g/mol. The highest BCUT2D eigenvalue weighted by molar-refractivity contribution is 6.18. The molecule has 0 fully saturated rings. The smallest absolute Gasteiger partial charge is 0.154 e. The van der Waals surface area contributed by atoms with Crippen LogP contribution in [0.2, 0.25) is 0 Å². The van der Waals surface area contributed by atoms with Gasteiger partial charge < -0.3 is 4.90 Å². The van der Waals surface area contributed by atoms with E-state index in [4.69, 9.17) is 11.6 Å². The van der Waals surface area contributed by atoms with E-state index < -0.39 is 0 Å². The third-order valence-electron chi connectivity index (χ3n) is 3.20. The molecule has 0 bridgehead atoms. The van der Waals surface area contributed by atoms with E-state index in [2.05, 4.69) is 41.8 Å². The summed E-state index contributed by atoms with van der Waals surface area (Å²) in [4.78, 5) is 6.55. The Labute approximate surface area is 113 Å². The van der Waals surface area contributed by atoms with E-state index >= 15 is 0 Å². The minimum Gasteiger partial charge on any atom is -0.354 e. The fourth-order valence-electron chi connectivity index (χ4n) is 1.79. The van der Waals surface area contributed by atoms with Gasteiger partial charge in [0.1, 0.15) is 5.52 Å². The second kappa shape index (κ2) is 5.14. The summed E-state index contributed by atoms with van der Waals surface area (Å²) in [6, 6.07) is 2.34. The molecule has 98 valence electrons. The van der Waals surface area contributed by atoms with Crippen molar-refractivity contribution in [2.24, 2.45) is 0 Å². The molecular formula is C13H19ClN4. The number of hydrogen-bond acceptors (Lipinski definition) is 3. The molecule has 2 aromatic rings. The van der Waals surface area contributed by atoms with Crippen molar-refractivity contribution in [3.05, 3.63) is 24.2 Å². The Hall–Kier alpha value is -1.29. The maximum absolute atomic E-state index is 5.91. The van der Waals surface area contributed by atoms with Gasteiger partial charge in [-0.3, -0.25) is 0 Å². The molecule has 0 aliphatic carbocycles. The van der Waals surface area contributed by atoms with Crippen molar-refractivity contribution in [2.45, 2.75) is 32.7 Å². The molecule has 0 aliphatic heterocycles. The molecule has 0 aliphatic rings. The van der Waals surface area contributed by atoms with Gasteiger partial charge in [-0.25, -0.2) is 9.50 Å². The van der Waals surface area contributed by atoms with Crippen LogP contribution in [0.1, 0.15) is 32.4 Å². The van der Waals surface area contributed by atoms with Crippen LogP contribution < -0.4 is 4.90 Å². The number of aromatic nitrogens is 3. The number of fused-ring (bicyclic) bond motifs is 1. The van der Waals surface area contributed by atoms with E-state index in [1.165, 1.54) is 0 Å². The molecule has 0 saturated carbocycles. The quantitative estimate of drug-likeness (QED) is 0.798. The molecule has 0 saturated heterocycles. The zero-order valence-electron chi connectivity index (χ0n) is 11.3. The SMILES string of the molecule is CC(C)c1cc2c(N(C)C(C)CCl)nccn2n1. The lowest BCUT2D eigenvalue weighted by Crippen LogP contribution is -2.31. The summed E-state index contributed by atoms with van der Waals surface area (Å²) in [6.45, 7) is 6.36. The molecule has 2 aromatic heterocycles. The molecular weight excluding hydrogens is 248 g/mol. The zero-order valence-corrected chi connectivity index (χ0v) is 12.0. The van der Waals surface area contributed by atoms with Crippen molar-refractivity contribution in [1.29, 1.82) is 0 Å². The molecule has 1 atom stereocenters. The van der Waals surface area contributed by atoms with E-state index in [1.807, 2.05) is 17.8 Å². The van der Waals surface area contributed by atoms with Crippen LogP contribution in [0, 0.1) is 0 Å². The maximum Gasteiger partial charge on any atom is 0.154 e. The molecule has 0 amide bonds. The van der Waals surface area contributed by atoms with Gasteiger partial charge in [-0.05, 0) is 18.9 Å². The van der Waals surface area contributed by atoms with Gasteiger partial charge >= 0.3 is 0 Å². The Morgan fingerprint density at radius 3 is 2.72 bits per heavy atom. The number of anilines is 1. The Bertz CT molecular complexity index is 535. The van der Waals surface area contributed by atoms with E-state index in [1.54, 1.807) is 6.20 Å². The second-order valence-corrected chi connectivity index (χ2v) is 5.23. The van der Waals surface area contributed by atoms with Crippen molar-refractivity contribution in [3.8, 4) is 0 Å². The van der Waals surface area contributed by atoms with Gasteiger partial charge in [-0.1, -0.05) is 13.8 Å². The first kappa shape index (κ1) is 13.1. The summed E-state index contributed by atoms with van der Waals surface area (Å²) in [5.74, 6) is 1.91. The van der Waals surface area contributed by atoms with Crippen LogP contribution in [0.25, 0.3) is 5.52 Å². The van der Waals surface area contributed by atoms with Gasteiger partial charge in [0.15, 0.2) is 5.82 Å². The number of alkyl halides is 1. The summed E-state index contributed by atoms with van der Waals surface area (Å²) < 4.78 is 1.88. The normalized spacial score (nSPS) is 13.2. The molecule has 0 radical (unpaired) electrons. The molecule has 1 unspecified atom stereocenters. The molecule has 18 heavy (non-hydrogen) atoms. The largest absolute Gasteiger partial charge is 0.354 e. The van der Waals surface area contributed by atoms with Crippen molar-refractivity contribution in [1.82, 2.24) is 14.6 Å². The number of rotatable bonds is 4. The summed E-state index contributed by atoms with van der Waals surface area (Å²) in [6.07, 6.45) is 3.65. The number of hydrogen-bond donors (Lipinski definition) is 0. The van der Waals surface area contributed by atoms with E-state index in [9.17, 15) is 0 Å². The maximum atomic E-state index is 5.91. The van der Waals surface area contributed by atoms with Gasteiger partial charge in [-0.15, -0.1) is 11.6 Å². The highest BCUT2D eigenvalue weighted by Crippen LogP contribution is 2.23. The number of halogens is 1. The predicted octanol–water partition coefficient (Wildman–Crippen LogP) is 2.92. The van der Waals surface area contributed by atoms with Gasteiger partial charge in [0.05, 0.1) is 5.69 Å². The first-order valence-corrected chi connectivity index (χ1v) is 6.71. The summed E-state index contributed by atoms with van der Waals surface area (Å²) in [5, 5.41) is 4.56. The van der Waals surface area contributed by atoms with Crippen LogP contribution in [0.15, 0.2) is 18.5 Å². The van der Waals surface area contributed by atoms with Gasteiger partial charge in [0, 0.05) is 31.4 Å². The lowest BCUT2D eigenvalue weighted by Gasteiger charge is -2.24. The minimum atomic E-state index is 0.239. The Balaban J connectivity index is 2.50. The Morgan fingerprint density at radius 1 is 1.39 bits per heavy atom. The topological polar surface area (TPSA) is 33.4 Å². The minimum absolute atomic E-state index is 0.239. The van der Waals surface area contributed by atoms with Crippen LogP contribution in [0.4, 0.5) is 5.82 Å². The predicted molar refractivity (Wildman–Crippen MR) is 75.7 cm³/mol. The monoisotopic (exact) mass is 266 g/mol. The standard InChI is InChI=1S/C13H19ClN4/c1-9(2)11-7-12-13(17(4)10(3)8-14)15-5-6-18(12)16-11/h5-7,9-10H,8H2,1-4H3. The lowest BCUT2D eigenvalue weighted by atomic mass is 10.1. The van der Waals surface area contributed by atoms with Crippen molar-refractivity contribution >= 4 is 22.9 Å². The molecule has 0 aromatic carbocycles. The van der Waals surface area contributed by atoms with Crippen molar-refractivity contribution in [3.63, 3.8) is 0 Å². The first-order chi connectivity index (χ1) is 8.54. The summed E-state index contributed by atoms with van der Waals surface area (Å²) >= 11 is 5.91. The Kier molecular flexibility index (Phi) is 3.76. The van der Waals surface area contributed by atoms with Crippen LogP contribution in [-0.4, -0.2) is 33.6 Å². The highest BCUT2D eigenvalue weighted by Gasteiger charge is 2.15. The van der Waals surface area contributed by atoms with Crippen molar-refractivity contribution < 1.29 is 0 Å². The van der Waals surface area contributed by atoms with Crippen LogP contribution in [0.3, 0.4) is 0 Å². The van der Waals surface area contributed by atoms with E-state index in [0.717, 1.165) is 17.0 Å². The van der Waals surface area contributed by atoms with Crippen LogP contribution in [0.5, 0.6) is 0 Å². The Morgan fingerprint density at radius 2 is 2.11 bits per heavy atom. The molecule has 0 N–H and O–H groups in total. The average Bonchev–Trinajstić information content (AvgIpc) is 2.80. The third kappa shape index (κ3) is 2.29. The summed E-state index contributed by atoms with van der Waals surface area (Å²) in [5.41, 5.74) is 2.11. The molecule has 0 spiro atoms. The number of nitrogens with zero attached hydrogens (tertiary/aromatic N) is 4. The summed E-state index contributed by atoms with van der Waals surface area (Å²) in [7, 11) is 2.01. The molecule has 2 heterocycles. The molecule has 2 rings (SSSR count).